The fourth-order valence-corrected chi connectivity index (χ4v) is 1.63. The summed E-state index contributed by atoms with van der Waals surface area (Å²) in [5.41, 5.74) is -0.219. The van der Waals surface area contributed by atoms with Crippen LogP contribution in [0.4, 0.5) is 10.1 Å². The number of carbonyl (C=O) groups excluding carboxylic acids is 2. The molecule has 0 radical (unpaired) electrons. The van der Waals surface area contributed by atoms with E-state index in [1.165, 1.54) is 12.1 Å². The lowest BCUT2D eigenvalue weighted by molar-refractivity contribution is -0.138. The highest BCUT2D eigenvalue weighted by Crippen LogP contribution is 2.26. The van der Waals surface area contributed by atoms with E-state index in [9.17, 15) is 14.0 Å². The minimum atomic E-state index is -0.819. The SMILES string of the molecule is COC(=O)/C=C(/Nc1c(F)cccc1Br)C(=O)OC. The lowest BCUT2D eigenvalue weighted by atomic mass is 10.3. The first-order valence-corrected chi connectivity index (χ1v) is 5.88. The third-order valence-corrected chi connectivity index (χ3v) is 2.75. The van der Waals surface area contributed by atoms with Crippen LogP contribution in [0.2, 0.25) is 0 Å². The largest absolute Gasteiger partial charge is 0.466 e. The first-order valence-electron chi connectivity index (χ1n) is 5.08. The molecule has 1 N–H and O–H groups in total. The van der Waals surface area contributed by atoms with Gasteiger partial charge in [0.2, 0.25) is 0 Å². The van der Waals surface area contributed by atoms with E-state index in [0.29, 0.717) is 4.47 Å². The Bertz CT molecular complexity index is 510. The summed E-state index contributed by atoms with van der Waals surface area (Å²) in [5, 5.41) is 2.50. The number of anilines is 1. The van der Waals surface area contributed by atoms with Gasteiger partial charge < -0.3 is 14.8 Å². The summed E-state index contributed by atoms with van der Waals surface area (Å²) in [5.74, 6) is -2.17. The molecule has 1 rings (SSSR count). The summed E-state index contributed by atoms with van der Waals surface area (Å²) in [4.78, 5) is 22.6. The first-order chi connectivity index (χ1) is 8.99. The molecular formula is C12H11BrFNO4. The number of carbonyl (C=O) groups is 2. The van der Waals surface area contributed by atoms with Crippen LogP contribution in [0, 0.1) is 5.82 Å². The number of esters is 2. The molecule has 0 aliphatic heterocycles. The number of hydrogen-bond acceptors (Lipinski definition) is 5. The highest BCUT2D eigenvalue weighted by Gasteiger charge is 2.16. The molecule has 0 heterocycles. The highest BCUT2D eigenvalue weighted by atomic mass is 79.9. The molecule has 0 saturated carbocycles. The summed E-state index contributed by atoms with van der Waals surface area (Å²) in [7, 11) is 2.30. The topological polar surface area (TPSA) is 64.6 Å². The van der Waals surface area contributed by atoms with E-state index in [4.69, 9.17) is 0 Å². The van der Waals surface area contributed by atoms with Crippen molar-refractivity contribution >= 4 is 33.6 Å². The van der Waals surface area contributed by atoms with E-state index in [0.717, 1.165) is 20.3 Å². The van der Waals surface area contributed by atoms with Gasteiger partial charge in [-0.15, -0.1) is 0 Å². The molecule has 0 bridgehead atoms. The zero-order chi connectivity index (χ0) is 14.4. The predicted molar refractivity (Wildman–Crippen MR) is 69.8 cm³/mol. The van der Waals surface area contributed by atoms with Crippen molar-refractivity contribution < 1.29 is 23.5 Å². The molecule has 19 heavy (non-hydrogen) atoms. The number of methoxy groups -OCH3 is 2. The number of nitrogens with one attached hydrogen (secondary N) is 1. The number of para-hydroxylation sites is 1. The number of rotatable bonds is 4. The normalized spacial score (nSPS) is 10.8. The van der Waals surface area contributed by atoms with E-state index < -0.39 is 17.8 Å². The Kier molecular flexibility index (Phi) is 5.50. The summed E-state index contributed by atoms with van der Waals surface area (Å²) in [6, 6.07) is 4.28. The van der Waals surface area contributed by atoms with Gasteiger partial charge in [-0.05, 0) is 28.1 Å². The second-order valence-electron chi connectivity index (χ2n) is 3.29. The van der Waals surface area contributed by atoms with E-state index in [1.807, 2.05) is 0 Å². The maximum absolute atomic E-state index is 13.6. The molecule has 7 heteroatoms. The summed E-state index contributed by atoms with van der Waals surface area (Å²) in [6.45, 7) is 0. The second-order valence-corrected chi connectivity index (χ2v) is 4.15. The van der Waals surface area contributed by atoms with E-state index in [2.05, 4.69) is 30.7 Å². The molecule has 1 aromatic carbocycles. The minimum Gasteiger partial charge on any atom is -0.466 e. The second kappa shape index (κ2) is 6.89. The number of benzene rings is 1. The van der Waals surface area contributed by atoms with Gasteiger partial charge in [0.15, 0.2) is 0 Å². The molecule has 5 nitrogen and oxygen atoms in total. The van der Waals surface area contributed by atoms with Crippen LogP contribution in [-0.4, -0.2) is 26.2 Å². The molecule has 0 fully saturated rings. The van der Waals surface area contributed by atoms with Gasteiger partial charge in [-0.2, -0.15) is 0 Å². The summed E-state index contributed by atoms with van der Waals surface area (Å²) < 4.78 is 22.9. The van der Waals surface area contributed by atoms with Crippen molar-refractivity contribution in [1.29, 1.82) is 0 Å². The standard InChI is InChI=1S/C12H11BrFNO4/c1-18-10(16)6-9(12(17)19-2)15-11-7(13)4-3-5-8(11)14/h3-6,15H,1-2H3/b9-6+. The van der Waals surface area contributed by atoms with Crippen LogP contribution in [0.15, 0.2) is 34.4 Å². The Balaban J connectivity index is 3.11. The lowest BCUT2D eigenvalue weighted by Gasteiger charge is -2.11. The van der Waals surface area contributed by atoms with E-state index in [1.54, 1.807) is 6.07 Å². The van der Waals surface area contributed by atoms with E-state index in [-0.39, 0.29) is 11.4 Å². The minimum absolute atomic E-state index is 0.0167. The van der Waals surface area contributed by atoms with Gasteiger partial charge in [-0.3, -0.25) is 0 Å². The average molecular weight is 332 g/mol. The molecule has 0 spiro atoms. The molecule has 0 aliphatic rings. The molecular weight excluding hydrogens is 321 g/mol. The molecule has 0 atom stereocenters. The van der Waals surface area contributed by atoms with Crippen molar-refractivity contribution in [2.75, 3.05) is 19.5 Å². The third kappa shape index (κ3) is 4.06. The van der Waals surface area contributed by atoms with Gasteiger partial charge in [0, 0.05) is 4.47 Å². The molecule has 0 aliphatic carbocycles. The number of hydrogen-bond donors (Lipinski definition) is 1. The first kappa shape index (κ1) is 15.2. The Hall–Kier alpha value is -1.89. The van der Waals surface area contributed by atoms with Crippen LogP contribution >= 0.6 is 15.9 Å². The van der Waals surface area contributed by atoms with Crippen LogP contribution < -0.4 is 5.32 Å². The highest BCUT2D eigenvalue weighted by molar-refractivity contribution is 9.10. The third-order valence-electron chi connectivity index (χ3n) is 2.09. The van der Waals surface area contributed by atoms with Gasteiger partial charge in [0.25, 0.3) is 0 Å². The van der Waals surface area contributed by atoms with Crippen molar-refractivity contribution in [3.63, 3.8) is 0 Å². The zero-order valence-corrected chi connectivity index (χ0v) is 11.8. The molecule has 0 aromatic heterocycles. The molecule has 102 valence electrons. The van der Waals surface area contributed by atoms with Crippen LogP contribution in [0.5, 0.6) is 0 Å². The predicted octanol–water partition coefficient (Wildman–Crippen LogP) is 2.23. The fourth-order valence-electron chi connectivity index (χ4n) is 1.18. The van der Waals surface area contributed by atoms with Crippen molar-refractivity contribution in [2.45, 2.75) is 0 Å². The van der Waals surface area contributed by atoms with Crippen LogP contribution in [-0.2, 0) is 19.1 Å². The van der Waals surface area contributed by atoms with Crippen LogP contribution in [0.25, 0.3) is 0 Å². The average Bonchev–Trinajstić information content (AvgIpc) is 2.40. The quantitative estimate of drug-likeness (QED) is 0.677. The maximum Gasteiger partial charge on any atom is 0.354 e. The Morgan fingerprint density at radius 2 is 2.00 bits per heavy atom. The smallest absolute Gasteiger partial charge is 0.354 e. The van der Waals surface area contributed by atoms with E-state index >= 15 is 0 Å². The van der Waals surface area contributed by atoms with Crippen molar-refractivity contribution in [1.82, 2.24) is 0 Å². The molecule has 0 saturated heterocycles. The number of ether oxygens (including phenoxy) is 2. The van der Waals surface area contributed by atoms with Gasteiger partial charge in [0.1, 0.15) is 11.5 Å². The molecule has 1 aromatic rings. The van der Waals surface area contributed by atoms with Gasteiger partial charge >= 0.3 is 11.9 Å². The lowest BCUT2D eigenvalue weighted by Crippen LogP contribution is -2.16. The molecule has 0 unspecified atom stereocenters. The van der Waals surface area contributed by atoms with Crippen molar-refractivity contribution in [3.8, 4) is 0 Å². The van der Waals surface area contributed by atoms with Crippen molar-refractivity contribution in [3.05, 3.63) is 40.3 Å². The monoisotopic (exact) mass is 331 g/mol. The van der Waals surface area contributed by atoms with Gasteiger partial charge in [-0.25, -0.2) is 14.0 Å². The zero-order valence-electron chi connectivity index (χ0n) is 10.2. The summed E-state index contributed by atoms with van der Waals surface area (Å²) in [6.07, 6.45) is 0.880. The Labute approximate surface area is 117 Å². The fraction of sp³-hybridized carbons (Fsp3) is 0.167. The van der Waals surface area contributed by atoms with Crippen LogP contribution in [0.1, 0.15) is 0 Å². The Morgan fingerprint density at radius 3 is 2.53 bits per heavy atom. The summed E-state index contributed by atoms with van der Waals surface area (Å²) >= 11 is 3.13. The number of halogens is 2. The van der Waals surface area contributed by atoms with Gasteiger partial charge in [-0.1, -0.05) is 6.07 Å². The molecule has 0 amide bonds. The van der Waals surface area contributed by atoms with Gasteiger partial charge in [0.05, 0.1) is 26.0 Å². The Morgan fingerprint density at radius 1 is 1.32 bits per heavy atom. The van der Waals surface area contributed by atoms with Crippen molar-refractivity contribution in [2.24, 2.45) is 0 Å². The maximum atomic E-state index is 13.6. The van der Waals surface area contributed by atoms with Crippen LogP contribution in [0.3, 0.4) is 0 Å².